The second-order valence-electron chi connectivity index (χ2n) is 6.17. The van der Waals surface area contributed by atoms with E-state index >= 15 is 0 Å². The zero-order chi connectivity index (χ0) is 15.4. The van der Waals surface area contributed by atoms with Gasteiger partial charge in [-0.2, -0.15) is 0 Å². The lowest BCUT2D eigenvalue weighted by molar-refractivity contribution is 0.656. The quantitative estimate of drug-likeness (QED) is 0.423. The molecule has 3 nitrogen and oxygen atoms in total. The van der Waals surface area contributed by atoms with Crippen molar-refractivity contribution in [2.45, 2.75) is 32.2 Å². The Labute approximate surface area is 156 Å². The number of fused-ring (bicyclic) bond motifs is 1. The molecule has 0 bridgehead atoms. The summed E-state index contributed by atoms with van der Waals surface area (Å²) in [6.45, 7) is 3.20. The first-order valence-corrected chi connectivity index (χ1v) is 8.23. The van der Waals surface area contributed by atoms with Crippen molar-refractivity contribution < 1.29 is 0 Å². The van der Waals surface area contributed by atoms with Gasteiger partial charge in [0.25, 0.3) is 0 Å². The van der Waals surface area contributed by atoms with Crippen LogP contribution in [0.15, 0.2) is 47.5 Å². The number of halogens is 1. The van der Waals surface area contributed by atoms with E-state index in [0.717, 1.165) is 18.4 Å². The summed E-state index contributed by atoms with van der Waals surface area (Å²) >= 11 is 0. The molecule has 1 atom stereocenters. The van der Waals surface area contributed by atoms with E-state index in [1.807, 2.05) is 7.05 Å². The van der Waals surface area contributed by atoms with E-state index in [4.69, 9.17) is 0 Å². The summed E-state index contributed by atoms with van der Waals surface area (Å²) in [5, 5.41) is 9.52. The van der Waals surface area contributed by atoms with E-state index in [1.165, 1.54) is 35.6 Å². The number of hydrogen-bond acceptors (Lipinski definition) is 1. The van der Waals surface area contributed by atoms with Crippen LogP contribution in [-0.4, -0.2) is 19.6 Å². The fraction of sp³-hybridized carbons (Fsp3) is 0.421. The molecule has 0 aromatic heterocycles. The summed E-state index contributed by atoms with van der Waals surface area (Å²) in [6.07, 6.45) is 4.06. The topological polar surface area (TPSA) is 36.4 Å². The second-order valence-corrected chi connectivity index (χ2v) is 6.17. The number of benzene rings is 2. The highest BCUT2D eigenvalue weighted by atomic mass is 127. The summed E-state index contributed by atoms with van der Waals surface area (Å²) in [6, 6.07) is 15.2. The molecule has 0 spiro atoms. The van der Waals surface area contributed by atoms with Crippen LogP contribution in [0.3, 0.4) is 0 Å². The summed E-state index contributed by atoms with van der Waals surface area (Å²) in [4.78, 5) is 4.35. The van der Waals surface area contributed by atoms with Crippen molar-refractivity contribution in [1.29, 1.82) is 0 Å². The zero-order valence-electron chi connectivity index (χ0n) is 13.9. The van der Waals surface area contributed by atoms with E-state index in [9.17, 15) is 0 Å². The Kier molecular flexibility index (Phi) is 6.69. The van der Waals surface area contributed by atoms with Crippen LogP contribution < -0.4 is 10.6 Å². The standard InChI is InChI=1S/C19H25N3.HI/c1-14(22-19(20-2)21-13-12-15-10-11-15)17-9-5-7-16-6-3-4-8-18(16)17;/h3-9,14-15H,10-13H2,1-2H3,(H2,20,21,22);1H. The van der Waals surface area contributed by atoms with Gasteiger partial charge in [-0.1, -0.05) is 55.3 Å². The monoisotopic (exact) mass is 423 g/mol. The molecule has 0 amide bonds. The van der Waals surface area contributed by atoms with Gasteiger partial charge in [0.05, 0.1) is 6.04 Å². The van der Waals surface area contributed by atoms with Crippen LogP contribution in [0.1, 0.15) is 37.8 Å². The van der Waals surface area contributed by atoms with Crippen molar-refractivity contribution in [3.05, 3.63) is 48.0 Å². The van der Waals surface area contributed by atoms with Gasteiger partial charge in [0.1, 0.15) is 0 Å². The van der Waals surface area contributed by atoms with E-state index in [0.29, 0.717) is 0 Å². The average Bonchev–Trinajstić information content (AvgIpc) is 3.37. The Morgan fingerprint density at radius 1 is 1.17 bits per heavy atom. The van der Waals surface area contributed by atoms with Crippen LogP contribution in [0.25, 0.3) is 10.8 Å². The molecule has 1 fully saturated rings. The normalized spacial score (nSPS) is 15.8. The lowest BCUT2D eigenvalue weighted by atomic mass is 10.00. The molecule has 2 N–H and O–H groups in total. The molecule has 4 heteroatoms. The van der Waals surface area contributed by atoms with Gasteiger partial charge in [0.15, 0.2) is 5.96 Å². The minimum atomic E-state index is 0. The Balaban J connectivity index is 0.00000192. The maximum Gasteiger partial charge on any atom is 0.191 e. The van der Waals surface area contributed by atoms with Crippen LogP contribution in [0, 0.1) is 5.92 Å². The zero-order valence-corrected chi connectivity index (χ0v) is 16.2. The van der Waals surface area contributed by atoms with Crippen molar-refractivity contribution in [2.75, 3.05) is 13.6 Å². The van der Waals surface area contributed by atoms with Crippen molar-refractivity contribution in [3.8, 4) is 0 Å². The number of nitrogens with zero attached hydrogens (tertiary/aromatic N) is 1. The van der Waals surface area contributed by atoms with Gasteiger partial charge in [-0.25, -0.2) is 0 Å². The number of guanidine groups is 1. The summed E-state index contributed by atoms with van der Waals surface area (Å²) < 4.78 is 0. The summed E-state index contributed by atoms with van der Waals surface area (Å²) in [5.74, 6) is 1.84. The first-order chi connectivity index (χ1) is 10.8. The van der Waals surface area contributed by atoms with E-state index in [2.05, 4.69) is 65.0 Å². The molecule has 0 radical (unpaired) electrons. The van der Waals surface area contributed by atoms with Crippen LogP contribution in [-0.2, 0) is 0 Å². The number of hydrogen-bond donors (Lipinski definition) is 2. The van der Waals surface area contributed by atoms with Crippen LogP contribution in [0.5, 0.6) is 0 Å². The molecule has 1 aliphatic carbocycles. The fourth-order valence-electron chi connectivity index (χ4n) is 2.91. The molecular formula is C19H26IN3. The highest BCUT2D eigenvalue weighted by Crippen LogP contribution is 2.31. The van der Waals surface area contributed by atoms with Crippen molar-refractivity contribution in [2.24, 2.45) is 10.9 Å². The maximum absolute atomic E-state index is 4.35. The first-order valence-electron chi connectivity index (χ1n) is 8.23. The van der Waals surface area contributed by atoms with Gasteiger partial charge in [-0.05, 0) is 35.6 Å². The predicted octanol–water partition coefficient (Wildman–Crippen LogP) is 4.48. The highest BCUT2D eigenvalue weighted by Gasteiger charge is 2.20. The lowest BCUT2D eigenvalue weighted by Crippen LogP contribution is -2.39. The van der Waals surface area contributed by atoms with Gasteiger partial charge in [-0.3, -0.25) is 4.99 Å². The van der Waals surface area contributed by atoms with Gasteiger partial charge in [0, 0.05) is 13.6 Å². The lowest BCUT2D eigenvalue weighted by Gasteiger charge is -2.19. The third kappa shape index (κ3) is 4.83. The maximum atomic E-state index is 4.35. The summed E-state index contributed by atoms with van der Waals surface area (Å²) in [7, 11) is 1.84. The molecule has 2 aromatic rings. The molecule has 1 unspecified atom stereocenters. The molecule has 23 heavy (non-hydrogen) atoms. The smallest absolute Gasteiger partial charge is 0.191 e. The van der Waals surface area contributed by atoms with Gasteiger partial charge in [0.2, 0.25) is 0 Å². The number of nitrogens with one attached hydrogen (secondary N) is 2. The van der Waals surface area contributed by atoms with E-state index < -0.39 is 0 Å². The highest BCUT2D eigenvalue weighted by molar-refractivity contribution is 14.0. The molecule has 124 valence electrons. The molecule has 0 heterocycles. The minimum Gasteiger partial charge on any atom is -0.356 e. The molecule has 1 aliphatic rings. The molecule has 2 aromatic carbocycles. The Morgan fingerprint density at radius 2 is 1.91 bits per heavy atom. The second kappa shape index (κ2) is 8.52. The first kappa shape index (κ1) is 18.0. The molecular weight excluding hydrogens is 397 g/mol. The van der Waals surface area contributed by atoms with Gasteiger partial charge < -0.3 is 10.6 Å². The van der Waals surface area contributed by atoms with E-state index in [-0.39, 0.29) is 30.0 Å². The Bertz CT molecular complexity index is 659. The number of aliphatic imine (C=N–C) groups is 1. The van der Waals surface area contributed by atoms with Crippen molar-refractivity contribution >= 4 is 40.7 Å². The van der Waals surface area contributed by atoms with Crippen molar-refractivity contribution in [3.63, 3.8) is 0 Å². The van der Waals surface area contributed by atoms with E-state index in [1.54, 1.807) is 0 Å². The third-order valence-electron chi connectivity index (χ3n) is 4.41. The molecule has 0 aliphatic heterocycles. The van der Waals surface area contributed by atoms with Crippen LogP contribution in [0.4, 0.5) is 0 Å². The molecule has 3 rings (SSSR count). The minimum absolute atomic E-state index is 0. The van der Waals surface area contributed by atoms with Gasteiger partial charge >= 0.3 is 0 Å². The summed E-state index contributed by atoms with van der Waals surface area (Å²) in [5.41, 5.74) is 1.31. The largest absolute Gasteiger partial charge is 0.356 e. The SMILES string of the molecule is CN=C(NCCC1CC1)NC(C)c1cccc2ccccc12.I. The molecule has 1 saturated carbocycles. The van der Waals surface area contributed by atoms with Crippen LogP contribution >= 0.6 is 24.0 Å². The average molecular weight is 423 g/mol. The number of rotatable bonds is 5. The van der Waals surface area contributed by atoms with Gasteiger partial charge in [-0.15, -0.1) is 24.0 Å². The van der Waals surface area contributed by atoms with Crippen molar-refractivity contribution in [1.82, 2.24) is 10.6 Å². The Morgan fingerprint density at radius 3 is 2.65 bits per heavy atom. The Hall–Kier alpha value is -1.30. The third-order valence-corrected chi connectivity index (χ3v) is 4.41. The molecule has 0 saturated heterocycles. The predicted molar refractivity (Wildman–Crippen MR) is 110 cm³/mol. The fourth-order valence-corrected chi connectivity index (χ4v) is 2.91. The van der Waals surface area contributed by atoms with Crippen LogP contribution in [0.2, 0.25) is 0 Å².